The highest BCUT2D eigenvalue weighted by Gasteiger charge is 2.49. The fraction of sp³-hybridized carbons (Fsp3) is 0.286. The van der Waals surface area contributed by atoms with Crippen molar-refractivity contribution in [3.05, 3.63) is 131 Å². The molecule has 43 heavy (non-hydrogen) atoms. The van der Waals surface area contributed by atoms with Crippen LogP contribution >= 0.6 is 0 Å². The summed E-state index contributed by atoms with van der Waals surface area (Å²) in [4.78, 5) is 13.4. The molecular formula is C35H38N2O5S. The third-order valence-electron chi connectivity index (χ3n) is 7.95. The Hall–Kier alpha value is -3.98. The topological polar surface area (TPSA) is 95.9 Å². The van der Waals surface area contributed by atoms with E-state index in [-0.39, 0.29) is 17.3 Å². The summed E-state index contributed by atoms with van der Waals surface area (Å²) in [5.41, 5.74) is 2.59. The van der Waals surface area contributed by atoms with Crippen LogP contribution in [0.2, 0.25) is 0 Å². The zero-order valence-electron chi connectivity index (χ0n) is 24.7. The minimum absolute atomic E-state index is 0.0173. The molecule has 4 aromatic carbocycles. The van der Waals surface area contributed by atoms with Gasteiger partial charge in [-0.05, 0) is 73.7 Å². The molecule has 7 nitrogen and oxygen atoms in total. The second kappa shape index (κ2) is 12.7. The molecule has 5 rings (SSSR count). The van der Waals surface area contributed by atoms with Crippen LogP contribution in [-0.4, -0.2) is 42.0 Å². The van der Waals surface area contributed by atoms with Crippen LogP contribution in [-0.2, 0) is 29.4 Å². The van der Waals surface area contributed by atoms with Crippen LogP contribution in [0, 0.1) is 0 Å². The molecule has 0 aromatic heterocycles. The van der Waals surface area contributed by atoms with E-state index in [9.17, 15) is 18.3 Å². The standard InChI is InChI=1S/C35H38N2O5S/c1-4-25-15-18-29(19-16-25)43(40,41)37(24-27-13-9-6-10-14-27)32-30-23-28(17-20-31(30)42-35(2,3)33(32)38)34(39)36-22-21-26-11-7-5-8-12-26/h5-20,23,32-33,38H,4,21-22,24H2,1-3H3,(H,36,39)/t32-,33+/m1/s1. The summed E-state index contributed by atoms with van der Waals surface area (Å²) in [6.07, 6.45) is 0.227. The Morgan fingerprint density at radius 2 is 1.51 bits per heavy atom. The van der Waals surface area contributed by atoms with Crippen molar-refractivity contribution in [1.29, 1.82) is 0 Å². The van der Waals surface area contributed by atoms with E-state index in [4.69, 9.17) is 4.74 Å². The Kier molecular flexibility index (Phi) is 9.01. The molecule has 0 unspecified atom stereocenters. The maximum atomic E-state index is 14.4. The molecule has 0 fully saturated rings. The zero-order valence-corrected chi connectivity index (χ0v) is 25.6. The van der Waals surface area contributed by atoms with E-state index in [1.807, 2.05) is 79.7 Å². The number of carbonyl (C=O) groups is 1. The first-order valence-corrected chi connectivity index (χ1v) is 16.0. The van der Waals surface area contributed by atoms with Gasteiger partial charge in [0.25, 0.3) is 5.91 Å². The number of rotatable bonds is 10. The van der Waals surface area contributed by atoms with Gasteiger partial charge in [0, 0.05) is 24.2 Å². The molecule has 2 atom stereocenters. The van der Waals surface area contributed by atoms with E-state index in [0.717, 1.165) is 23.1 Å². The first kappa shape index (κ1) is 30.5. The summed E-state index contributed by atoms with van der Waals surface area (Å²) >= 11 is 0. The predicted octanol–water partition coefficient (Wildman–Crippen LogP) is 5.69. The lowest BCUT2D eigenvalue weighted by molar-refractivity contribution is -0.0802. The number of sulfonamides is 1. The van der Waals surface area contributed by atoms with E-state index in [1.165, 1.54) is 4.31 Å². The molecule has 1 amide bonds. The molecule has 1 aliphatic rings. The van der Waals surface area contributed by atoms with E-state index < -0.39 is 27.8 Å². The average Bonchev–Trinajstić information content (AvgIpc) is 3.01. The van der Waals surface area contributed by atoms with Gasteiger partial charge in [-0.2, -0.15) is 4.31 Å². The highest BCUT2D eigenvalue weighted by Crippen LogP contribution is 2.45. The van der Waals surface area contributed by atoms with Crippen molar-refractivity contribution in [1.82, 2.24) is 9.62 Å². The molecule has 0 bridgehead atoms. The number of ether oxygens (including phenoxy) is 1. The minimum atomic E-state index is -4.11. The fourth-order valence-electron chi connectivity index (χ4n) is 5.42. The summed E-state index contributed by atoms with van der Waals surface area (Å²) in [5, 5.41) is 14.7. The van der Waals surface area contributed by atoms with Crippen molar-refractivity contribution < 1.29 is 23.1 Å². The molecule has 0 radical (unpaired) electrons. The van der Waals surface area contributed by atoms with E-state index in [1.54, 1.807) is 44.2 Å². The Labute approximate surface area is 254 Å². The molecule has 0 spiro atoms. The van der Waals surface area contributed by atoms with Gasteiger partial charge in [-0.3, -0.25) is 4.79 Å². The lowest BCUT2D eigenvalue weighted by atomic mass is 9.85. The first-order valence-electron chi connectivity index (χ1n) is 14.6. The quantitative estimate of drug-likeness (QED) is 0.245. The van der Waals surface area contributed by atoms with Crippen molar-refractivity contribution in [2.75, 3.05) is 6.54 Å². The zero-order chi connectivity index (χ0) is 30.6. The largest absolute Gasteiger partial charge is 0.485 e. The van der Waals surface area contributed by atoms with Gasteiger partial charge in [-0.15, -0.1) is 0 Å². The van der Waals surface area contributed by atoms with Gasteiger partial charge in [0.05, 0.1) is 10.9 Å². The summed E-state index contributed by atoms with van der Waals surface area (Å²) in [7, 11) is -4.11. The molecule has 2 N–H and O–H groups in total. The number of nitrogens with zero attached hydrogens (tertiary/aromatic N) is 1. The van der Waals surface area contributed by atoms with Crippen molar-refractivity contribution in [3.63, 3.8) is 0 Å². The molecule has 224 valence electrons. The lowest BCUT2D eigenvalue weighted by Gasteiger charge is -2.45. The molecule has 0 saturated heterocycles. The van der Waals surface area contributed by atoms with Gasteiger partial charge in [0.15, 0.2) is 0 Å². The number of nitrogens with one attached hydrogen (secondary N) is 1. The number of benzene rings is 4. The molecule has 8 heteroatoms. The molecule has 1 aliphatic heterocycles. The number of carbonyl (C=O) groups excluding carboxylic acids is 1. The van der Waals surface area contributed by atoms with Crippen LogP contribution < -0.4 is 10.1 Å². The number of amides is 1. The summed E-state index contributed by atoms with van der Waals surface area (Å²) in [5.74, 6) is 0.139. The van der Waals surface area contributed by atoms with Gasteiger partial charge < -0.3 is 15.2 Å². The van der Waals surface area contributed by atoms with Crippen molar-refractivity contribution in [2.45, 2.75) is 62.8 Å². The molecule has 0 saturated carbocycles. The SMILES string of the molecule is CCc1ccc(S(=O)(=O)N(Cc2ccccc2)[C@@H]2c3cc(C(=O)NCCc4ccccc4)ccc3OC(C)(C)[C@H]2O)cc1. The number of aliphatic hydroxyl groups excluding tert-OH is 1. The van der Waals surface area contributed by atoms with Gasteiger partial charge >= 0.3 is 0 Å². The average molecular weight is 599 g/mol. The lowest BCUT2D eigenvalue weighted by Crippen LogP contribution is -2.54. The Morgan fingerprint density at radius 1 is 0.884 bits per heavy atom. The monoisotopic (exact) mass is 598 g/mol. The molecule has 0 aliphatic carbocycles. The van der Waals surface area contributed by atoms with Crippen LogP contribution in [0.15, 0.2) is 108 Å². The first-order chi connectivity index (χ1) is 20.6. The van der Waals surface area contributed by atoms with Gasteiger partial charge in [0.1, 0.15) is 17.5 Å². The third-order valence-corrected chi connectivity index (χ3v) is 9.79. The molecular weight excluding hydrogens is 560 g/mol. The van der Waals surface area contributed by atoms with Crippen LogP contribution in [0.25, 0.3) is 0 Å². The number of hydrogen-bond acceptors (Lipinski definition) is 5. The van der Waals surface area contributed by atoms with Crippen LogP contribution in [0.1, 0.15) is 59.4 Å². The maximum Gasteiger partial charge on any atom is 0.251 e. The number of aryl methyl sites for hydroxylation is 1. The molecule has 1 heterocycles. The highest BCUT2D eigenvalue weighted by molar-refractivity contribution is 7.89. The van der Waals surface area contributed by atoms with E-state index in [0.29, 0.717) is 29.8 Å². The van der Waals surface area contributed by atoms with Crippen LogP contribution in [0.4, 0.5) is 0 Å². The smallest absolute Gasteiger partial charge is 0.251 e. The third kappa shape index (κ3) is 6.67. The van der Waals surface area contributed by atoms with E-state index in [2.05, 4.69) is 5.32 Å². The van der Waals surface area contributed by atoms with Crippen molar-refractivity contribution in [2.24, 2.45) is 0 Å². The Morgan fingerprint density at radius 3 is 2.14 bits per heavy atom. The summed E-state index contributed by atoms with van der Waals surface area (Å²) in [6.45, 7) is 5.95. The Bertz CT molecular complexity index is 1660. The van der Waals surface area contributed by atoms with Crippen molar-refractivity contribution >= 4 is 15.9 Å². The maximum absolute atomic E-state index is 14.4. The second-order valence-electron chi connectivity index (χ2n) is 11.4. The Balaban J connectivity index is 1.54. The highest BCUT2D eigenvalue weighted by atomic mass is 32.2. The van der Waals surface area contributed by atoms with Gasteiger partial charge in [0.2, 0.25) is 10.0 Å². The number of aliphatic hydroxyl groups is 1. The van der Waals surface area contributed by atoms with Crippen LogP contribution in [0.3, 0.4) is 0 Å². The predicted molar refractivity (Wildman–Crippen MR) is 167 cm³/mol. The number of hydrogen-bond donors (Lipinski definition) is 2. The normalized spacial score (nSPS) is 17.6. The van der Waals surface area contributed by atoms with Crippen molar-refractivity contribution in [3.8, 4) is 5.75 Å². The number of fused-ring (bicyclic) bond motifs is 1. The summed E-state index contributed by atoms with van der Waals surface area (Å²) < 4.78 is 36.3. The minimum Gasteiger partial charge on any atom is -0.485 e. The second-order valence-corrected chi connectivity index (χ2v) is 13.3. The van der Waals surface area contributed by atoms with Gasteiger partial charge in [-0.1, -0.05) is 79.7 Å². The summed E-state index contributed by atoms with van der Waals surface area (Å²) in [6, 6.07) is 30.0. The van der Waals surface area contributed by atoms with Crippen LogP contribution in [0.5, 0.6) is 5.75 Å². The molecule has 4 aromatic rings. The van der Waals surface area contributed by atoms with E-state index >= 15 is 0 Å². The van der Waals surface area contributed by atoms with Gasteiger partial charge in [-0.25, -0.2) is 8.42 Å². The fourth-order valence-corrected chi connectivity index (χ4v) is 7.01.